The van der Waals surface area contributed by atoms with Crippen molar-refractivity contribution in [3.05, 3.63) is 53.1 Å². The first-order valence-electron chi connectivity index (χ1n) is 6.33. The van der Waals surface area contributed by atoms with Gasteiger partial charge in [0.15, 0.2) is 0 Å². The van der Waals surface area contributed by atoms with Gasteiger partial charge in [0, 0.05) is 6.07 Å². The van der Waals surface area contributed by atoms with Crippen molar-refractivity contribution in [3.8, 4) is 23.3 Å². The van der Waals surface area contributed by atoms with Crippen LogP contribution < -0.4 is 9.47 Å². The van der Waals surface area contributed by atoms with Crippen molar-refractivity contribution in [2.45, 2.75) is 13.3 Å². The molecule has 2 aromatic carbocycles. The summed E-state index contributed by atoms with van der Waals surface area (Å²) < 4.78 is 11.2. The number of ether oxygens (including phenoxy) is 2. The van der Waals surface area contributed by atoms with Gasteiger partial charge in [0.2, 0.25) is 0 Å². The van der Waals surface area contributed by atoms with E-state index in [-0.39, 0.29) is 0 Å². The first-order valence-corrected chi connectivity index (χ1v) is 6.71. The molecule has 0 bridgehead atoms. The predicted octanol–water partition coefficient (Wildman–Crippen LogP) is 4.79. The summed E-state index contributed by atoms with van der Waals surface area (Å²) in [6.07, 6.45) is 0.974. The maximum atomic E-state index is 8.81. The third-order valence-electron chi connectivity index (χ3n) is 2.59. The Balaban J connectivity index is 2.06. The SMILES string of the molecule is CCCOc1ccc(Oc2ccc(C#N)c(Cl)c2)cc1. The zero-order valence-corrected chi connectivity index (χ0v) is 11.9. The van der Waals surface area contributed by atoms with Gasteiger partial charge in [-0.1, -0.05) is 18.5 Å². The van der Waals surface area contributed by atoms with Gasteiger partial charge in [0.05, 0.1) is 17.2 Å². The van der Waals surface area contributed by atoms with Crippen LogP contribution in [0.2, 0.25) is 5.02 Å². The average Bonchev–Trinajstić information content (AvgIpc) is 2.47. The molecule has 0 saturated heterocycles. The molecule has 0 aliphatic carbocycles. The lowest BCUT2D eigenvalue weighted by molar-refractivity contribution is 0.317. The van der Waals surface area contributed by atoms with Crippen molar-refractivity contribution < 1.29 is 9.47 Å². The molecule has 20 heavy (non-hydrogen) atoms. The van der Waals surface area contributed by atoms with Crippen molar-refractivity contribution in [1.82, 2.24) is 0 Å². The van der Waals surface area contributed by atoms with Crippen LogP contribution in [0.25, 0.3) is 0 Å². The third kappa shape index (κ3) is 3.66. The minimum absolute atomic E-state index is 0.382. The van der Waals surface area contributed by atoms with E-state index in [1.165, 1.54) is 0 Å². The zero-order chi connectivity index (χ0) is 14.4. The molecule has 0 aromatic heterocycles. The molecule has 0 amide bonds. The highest BCUT2D eigenvalue weighted by Gasteiger charge is 2.03. The molecule has 0 aliphatic heterocycles. The van der Waals surface area contributed by atoms with E-state index in [4.69, 9.17) is 26.3 Å². The number of hydrogen-bond acceptors (Lipinski definition) is 3. The van der Waals surface area contributed by atoms with Crippen LogP contribution in [0.15, 0.2) is 42.5 Å². The van der Waals surface area contributed by atoms with E-state index in [0.29, 0.717) is 28.7 Å². The Morgan fingerprint density at radius 3 is 2.30 bits per heavy atom. The monoisotopic (exact) mass is 287 g/mol. The van der Waals surface area contributed by atoms with Gasteiger partial charge in [-0.2, -0.15) is 5.26 Å². The van der Waals surface area contributed by atoms with E-state index in [0.717, 1.165) is 12.2 Å². The molecule has 0 heterocycles. The van der Waals surface area contributed by atoms with E-state index in [9.17, 15) is 0 Å². The summed E-state index contributed by atoms with van der Waals surface area (Å²) in [7, 11) is 0. The fraction of sp³-hybridized carbons (Fsp3) is 0.188. The summed E-state index contributed by atoms with van der Waals surface area (Å²) in [5.41, 5.74) is 0.433. The van der Waals surface area contributed by atoms with Crippen LogP contribution in [-0.4, -0.2) is 6.61 Å². The van der Waals surface area contributed by atoms with Crippen molar-refractivity contribution in [3.63, 3.8) is 0 Å². The lowest BCUT2D eigenvalue weighted by Crippen LogP contribution is -1.94. The van der Waals surface area contributed by atoms with Crippen molar-refractivity contribution >= 4 is 11.6 Å². The second-order valence-electron chi connectivity index (χ2n) is 4.18. The number of halogens is 1. The molecule has 0 spiro atoms. The topological polar surface area (TPSA) is 42.2 Å². The Labute approximate surface area is 123 Å². The Morgan fingerprint density at radius 2 is 1.70 bits per heavy atom. The first-order chi connectivity index (χ1) is 9.72. The van der Waals surface area contributed by atoms with Gasteiger partial charge < -0.3 is 9.47 Å². The minimum Gasteiger partial charge on any atom is -0.494 e. The average molecular weight is 288 g/mol. The molecule has 4 heteroatoms. The molecule has 2 aromatic rings. The highest BCUT2D eigenvalue weighted by Crippen LogP contribution is 2.27. The van der Waals surface area contributed by atoms with Crippen LogP contribution in [-0.2, 0) is 0 Å². The summed E-state index contributed by atoms with van der Waals surface area (Å²) in [6, 6.07) is 14.4. The second-order valence-corrected chi connectivity index (χ2v) is 4.58. The molecule has 102 valence electrons. The first kappa shape index (κ1) is 14.2. The zero-order valence-electron chi connectivity index (χ0n) is 11.1. The van der Waals surface area contributed by atoms with Gasteiger partial charge in [0.1, 0.15) is 23.3 Å². The third-order valence-corrected chi connectivity index (χ3v) is 2.91. The number of benzene rings is 2. The Bertz CT molecular complexity index is 617. The van der Waals surface area contributed by atoms with Crippen LogP contribution in [0, 0.1) is 11.3 Å². The van der Waals surface area contributed by atoms with E-state index in [1.807, 2.05) is 30.3 Å². The van der Waals surface area contributed by atoms with Gasteiger partial charge in [-0.3, -0.25) is 0 Å². The largest absolute Gasteiger partial charge is 0.494 e. The Morgan fingerprint density at radius 1 is 1.05 bits per heavy atom. The number of nitrogens with zero attached hydrogens (tertiary/aromatic N) is 1. The van der Waals surface area contributed by atoms with Crippen LogP contribution in [0.5, 0.6) is 17.2 Å². The van der Waals surface area contributed by atoms with E-state index in [2.05, 4.69) is 6.92 Å². The fourth-order valence-corrected chi connectivity index (χ4v) is 1.82. The van der Waals surface area contributed by atoms with Crippen LogP contribution in [0.3, 0.4) is 0 Å². The lowest BCUT2D eigenvalue weighted by Gasteiger charge is -2.08. The molecule has 3 nitrogen and oxygen atoms in total. The molecular weight excluding hydrogens is 274 g/mol. The molecule has 0 radical (unpaired) electrons. The van der Waals surface area contributed by atoms with Crippen LogP contribution >= 0.6 is 11.6 Å². The van der Waals surface area contributed by atoms with Gasteiger partial charge in [0.25, 0.3) is 0 Å². The predicted molar refractivity (Wildman–Crippen MR) is 78.5 cm³/mol. The van der Waals surface area contributed by atoms with Gasteiger partial charge >= 0.3 is 0 Å². The second kappa shape index (κ2) is 6.83. The number of nitriles is 1. The van der Waals surface area contributed by atoms with Gasteiger partial charge in [-0.15, -0.1) is 0 Å². The maximum absolute atomic E-state index is 8.81. The van der Waals surface area contributed by atoms with Crippen LogP contribution in [0.1, 0.15) is 18.9 Å². The Hall–Kier alpha value is -2.18. The molecule has 0 unspecified atom stereocenters. The molecule has 0 atom stereocenters. The standard InChI is InChI=1S/C16H14ClNO2/c1-2-9-19-13-5-7-14(8-6-13)20-15-4-3-12(11-18)16(17)10-15/h3-8,10H,2,9H2,1H3. The number of hydrogen-bond donors (Lipinski definition) is 0. The van der Waals surface area contributed by atoms with Crippen molar-refractivity contribution in [2.75, 3.05) is 6.61 Å². The van der Waals surface area contributed by atoms with Gasteiger partial charge in [-0.05, 0) is 42.8 Å². The van der Waals surface area contributed by atoms with Crippen LogP contribution in [0.4, 0.5) is 0 Å². The molecule has 0 aliphatic rings. The normalized spacial score (nSPS) is 9.85. The van der Waals surface area contributed by atoms with Crippen molar-refractivity contribution in [1.29, 1.82) is 5.26 Å². The van der Waals surface area contributed by atoms with E-state index in [1.54, 1.807) is 18.2 Å². The van der Waals surface area contributed by atoms with E-state index >= 15 is 0 Å². The number of rotatable bonds is 5. The molecule has 2 rings (SSSR count). The minimum atomic E-state index is 0.382. The summed E-state index contributed by atoms with van der Waals surface area (Å²) in [4.78, 5) is 0. The molecular formula is C16H14ClNO2. The lowest BCUT2D eigenvalue weighted by atomic mass is 10.2. The highest BCUT2D eigenvalue weighted by atomic mass is 35.5. The summed E-state index contributed by atoms with van der Waals surface area (Å²) >= 11 is 5.96. The van der Waals surface area contributed by atoms with E-state index < -0.39 is 0 Å². The maximum Gasteiger partial charge on any atom is 0.129 e. The Kier molecular flexibility index (Phi) is 4.86. The quantitative estimate of drug-likeness (QED) is 0.794. The molecule has 0 saturated carbocycles. The molecule has 0 fully saturated rings. The summed E-state index contributed by atoms with van der Waals surface area (Å²) in [5.74, 6) is 2.10. The summed E-state index contributed by atoms with van der Waals surface area (Å²) in [6.45, 7) is 2.76. The smallest absolute Gasteiger partial charge is 0.129 e. The molecule has 0 N–H and O–H groups in total. The fourth-order valence-electron chi connectivity index (χ4n) is 1.61. The van der Waals surface area contributed by atoms with Gasteiger partial charge in [-0.25, -0.2) is 0 Å². The highest BCUT2D eigenvalue weighted by molar-refractivity contribution is 6.31. The van der Waals surface area contributed by atoms with Crippen molar-refractivity contribution in [2.24, 2.45) is 0 Å². The summed E-state index contributed by atoms with van der Waals surface area (Å²) in [5, 5.41) is 9.19.